The summed E-state index contributed by atoms with van der Waals surface area (Å²) in [5.74, 6) is -0.161. The normalized spacial score (nSPS) is 11.3. The number of carbonyl (C=O) groups excluding carboxylic acids is 1. The molecule has 0 radical (unpaired) electrons. The minimum Gasteiger partial charge on any atom is -0.422 e. The van der Waals surface area contributed by atoms with Crippen LogP contribution in [-0.4, -0.2) is 39.9 Å². The van der Waals surface area contributed by atoms with E-state index in [0.717, 1.165) is 28.0 Å². The van der Waals surface area contributed by atoms with Crippen molar-refractivity contribution in [1.82, 2.24) is 0 Å². The quantitative estimate of drug-likeness (QED) is 0.227. The second-order valence-electron chi connectivity index (χ2n) is 7.07. The molecule has 5 nitrogen and oxygen atoms in total. The SMILES string of the molecule is COCCc1cc2cc(/C=C/C(=O)c3ccc(SC)cc3)c(=O)oc2cc1N(C)C. The molecule has 2 aromatic carbocycles. The van der Waals surface area contributed by atoms with Gasteiger partial charge in [-0.05, 0) is 66.8 Å². The molecule has 0 aliphatic rings. The van der Waals surface area contributed by atoms with E-state index >= 15 is 0 Å². The van der Waals surface area contributed by atoms with E-state index in [-0.39, 0.29) is 5.78 Å². The lowest BCUT2D eigenvalue weighted by molar-refractivity contribution is 0.104. The van der Waals surface area contributed by atoms with Crippen LogP contribution in [0.5, 0.6) is 0 Å². The number of benzene rings is 2. The van der Waals surface area contributed by atoms with Crippen molar-refractivity contribution in [2.75, 3.05) is 39.0 Å². The van der Waals surface area contributed by atoms with Gasteiger partial charge in [0.05, 0.1) is 12.2 Å². The Balaban J connectivity index is 1.94. The minimum atomic E-state index is -0.473. The zero-order valence-corrected chi connectivity index (χ0v) is 18.4. The molecule has 0 spiro atoms. The first-order valence-corrected chi connectivity index (χ1v) is 10.8. The molecule has 30 heavy (non-hydrogen) atoms. The Labute approximate surface area is 180 Å². The fourth-order valence-corrected chi connectivity index (χ4v) is 3.59. The number of allylic oxidation sites excluding steroid dienone is 1. The molecule has 0 atom stereocenters. The molecular weight excluding hydrogens is 398 g/mol. The van der Waals surface area contributed by atoms with Crippen LogP contribution in [0.4, 0.5) is 5.69 Å². The van der Waals surface area contributed by atoms with Crippen LogP contribution in [0, 0.1) is 0 Å². The van der Waals surface area contributed by atoms with Crippen LogP contribution >= 0.6 is 11.8 Å². The van der Waals surface area contributed by atoms with E-state index in [9.17, 15) is 9.59 Å². The second-order valence-corrected chi connectivity index (χ2v) is 7.95. The summed E-state index contributed by atoms with van der Waals surface area (Å²) in [5.41, 5.74) is 3.04. The lowest BCUT2D eigenvalue weighted by atomic mass is 10.0. The summed E-state index contributed by atoms with van der Waals surface area (Å²) in [6.45, 7) is 0.597. The zero-order chi connectivity index (χ0) is 21.7. The number of carbonyl (C=O) groups is 1. The van der Waals surface area contributed by atoms with Gasteiger partial charge in [-0.1, -0.05) is 0 Å². The summed E-state index contributed by atoms with van der Waals surface area (Å²) in [6, 6.07) is 13.0. The van der Waals surface area contributed by atoms with Crippen LogP contribution in [-0.2, 0) is 11.2 Å². The predicted octanol–water partition coefficient (Wildman–Crippen LogP) is 4.67. The highest BCUT2D eigenvalue weighted by atomic mass is 32.2. The van der Waals surface area contributed by atoms with E-state index in [2.05, 4.69) is 0 Å². The lowest BCUT2D eigenvalue weighted by Crippen LogP contribution is -2.13. The molecule has 0 fully saturated rings. The lowest BCUT2D eigenvalue weighted by Gasteiger charge is -2.18. The second kappa shape index (κ2) is 9.78. The molecule has 3 aromatic rings. The van der Waals surface area contributed by atoms with Crippen LogP contribution in [0.2, 0.25) is 0 Å². The largest absolute Gasteiger partial charge is 0.422 e. The first-order chi connectivity index (χ1) is 14.4. The molecule has 1 heterocycles. The van der Waals surface area contributed by atoms with Crippen molar-refractivity contribution in [1.29, 1.82) is 0 Å². The van der Waals surface area contributed by atoms with Gasteiger partial charge in [-0.15, -0.1) is 11.8 Å². The minimum absolute atomic E-state index is 0.161. The van der Waals surface area contributed by atoms with E-state index in [1.807, 2.05) is 49.5 Å². The zero-order valence-electron chi connectivity index (χ0n) is 17.6. The Morgan fingerprint density at radius 3 is 2.53 bits per heavy atom. The molecule has 3 rings (SSSR count). The summed E-state index contributed by atoms with van der Waals surface area (Å²) in [7, 11) is 5.57. The van der Waals surface area contributed by atoms with Crippen molar-refractivity contribution in [3.8, 4) is 0 Å². The van der Waals surface area contributed by atoms with Gasteiger partial charge in [0, 0.05) is 48.8 Å². The summed E-state index contributed by atoms with van der Waals surface area (Å²) in [4.78, 5) is 28.0. The molecule has 1 aromatic heterocycles. The topological polar surface area (TPSA) is 59.8 Å². The number of hydrogen-bond acceptors (Lipinski definition) is 6. The maximum absolute atomic E-state index is 12.4. The van der Waals surface area contributed by atoms with Crippen molar-refractivity contribution in [3.05, 3.63) is 75.7 Å². The number of thioether (sulfide) groups is 1. The molecule has 0 bridgehead atoms. The number of rotatable bonds is 8. The molecule has 0 aliphatic heterocycles. The smallest absolute Gasteiger partial charge is 0.343 e. The Hall–Kier alpha value is -2.83. The van der Waals surface area contributed by atoms with Gasteiger partial charge in [-0.2, -0.15) is 0 Å². The Morgan fingerprint density at radius 1 is 1.17 bits per heavy atom. The highest BCUT2D eigenvalue weighted by Gasteiger charge is 2.11. The molecule has 0 aliphatic carbocycles. The van der Waals surface area contributed by atoms with E-state index in [1.165, 1.54) is 12.2 Å². The Kier molecular flexibility index (Phi) is 7.13. The van der Waals surface area contributed by atoms with E-state index < -0.39 is 5.63 Å². The van der Waals surface area contributed by atoms with Crippen LogP contribution in [0.25, 0.3) is 17.0 Å². The van der Waals surface area contributed by atoms with Crippen molar-refractivity contribution in [2.45, 2.75) is 11.3 Å². The van der Waals surface area contributed by atoms with Crippen molar-refractivity contribution in [2.24, 2.45) is 0 Å². The van der Waals surface area contributed by atoms with Gasteiger partial charge in [0.15, 0.2) is 5.78 Å². The number of nitrogens with zero attached hydrogens (tertiary/aromatic N) is 1. The van der Waals surface area contributed by atoms with Gasteiger partial charge in [0.25, 0.3) is 0 Å². The van der Waals surface area contributed by atoms with Gasteiger partial charge in [-0.25, -0.2) is 4.79 Å². The molecule has 0 unspecified atom stereocenters. The molecular formula is C24H25NO4S. The summed E-state index contributed by atoms with van der Waals surface area (Å²) >= 11 is 1.62. The molecule has 6 heteroatoms. The fraction of sp³-hybridized carbons (Fsp3) is 0.250. The highest BCUT2D eigenvalue weighted by molar-refractivity contribution is 7.98. The molecule has 0 saturated heterocycles. The van der Waals surface area contributed by atoms with Crippen LogP contribution in [0.3, 0.4) is 0 Å². The third kappa shape index (κ3) is 5.01. The standard InChI is InChI=1S/C24H25NO4S/c1-25(2)21-15-23-19(13-17(21)11-12-28-3)14-18(24(27)29-23)7-10-22(26)16-5-8-20(30-4)9-6-16/h5-10,13-15H,11-12H2,1-4H3/b10-7+. The Morgan fingerprint density at radius 2 is 1.90 bits per heavy atom. The van der Waals surface area contributed by atoms with Gasteiger partial charge in [-0.3, -0.25) is 4.79 Å². The summed E-state index contributed by atoms with van der Waals surface area (Å²) < 4.78 is 10.7. The van der Waals surface area contributed by atoms with Crippen LogP contribution in [0.15, 0.2) is 62.6 Å². The number of methoxy groups -OCH3 is 1. The third-order valence-electron chi connectivity index (χ3n) is 4.81. The van der Waals surface area contributed by atoms with E-state index in [0.29, 0.717) is 23.3 Å². The molecule has 0 amide bonds. The van der Waals surface area contributed by atoms with Crippen molar-refractivity contribution >= 4 is 40.3 Å². The first kappa shape index (κ1) is 21.9. The van der Waals surface area contributed by atoms with Gasteiger partial charge in [0.2, 0.25) is 0 Å². The molecule has 156 valence electrons. The van der Waals surface area contributed by atoms with E-state index in [4.69, 9.17) is 9.15 Å². The molecule has 0 N–H and O–H groups in total. The average Bonchev–Trinajstić information content (AvgIpc) is 2.75. The third-order valence-corrected chi connectivity index (χ3v) is 5.55. The highest BCUT2D eigenvalue weighted by Crippen LogP contribution is 2.27. The van der Waals surface area contributed by atoms with Crippen LogP contribution in [0.1, 0.15) is 21.5 Å². The first-order valence-electron chi connectivity index (χ1n) is 9.56. The maximum Gasteiger partial charge on any atom is 0.343 e. The fourth-order valence-electron chi connectivity index (χ4n) is 3.18. The predicted molar refractivity (Wildman–Crippen MR) is 124 cm³/mol. The van der Waals surface area contributed by atoms with Gasteiger partial charge >= 0.3 is 5.63 Å². The number of anilines is 1. The maximum atomic E-state index is 12.4. The number of ketones is 1. The molecule has 0 saturated carbocycles. The van der Waals surface area contributed by atoms with Gasteiger partial charge < -0.3 is 14.1 Å². The number of fused-ring (bicyclic) bond motifs is 1. The van der Waals surface area contributed by atoms with Crippen molar-refractivity contribution in [3.63, 3.8) is 0 Å². The van der Waals surface area contributed by atoms with Gasteiger partial charge in [0.1, 0.15) is 5.58 Å². The number of hydrogen-bond donors (Lipinski definition) is 0. The average molecular weight is 424 g/mol. The van der Waals surface area contributed by atoms with Crippen molar-refractivity contribution < 1.29 is 13.9 Å². The number of ether oxygens (including phenoxy) is 1. The summed E-state index contributed by atoms with van der Waals surface area (Å²) in [6.07, 6.45) is 5.66. The summed E-state index contributed by atoms with van der Waals surface area (Å²) in [5, 5.41) is 0.808. The van der Waals surface area contributed by atoms with E-state index in [1.54, 1.807) is 37.1 Å². The Bertz CT molecular complexity index is 1130. The van der Waals surface area contributed by atoms with Crippen LogP contribution < -0.4 is 10.5 Å². The monoisotopic (exact) mass is 423 g/mol.